The first kappa shape index (κ1) is 15.1. The molecule has 0 fully saturated rings. The summed E-state index contributed by atoms with van der Waals surface area (Å²) in [6.45, 7) is 3.76. The highest BCUT2D eigenvalue weighted by molar-refractivity contribution is 7.15. The minimum Gasteiger partial charge on any atom is -0.480 e. The van der Waals surface area contributed by atoms with Crippen LogP contribution in [-0.4, -0.2) is 33.2 Å². The molecule has 0 atom stereocenters. The SMILES string of the molecule is COc1ncccc1C(=O)Nc1nnc(-c2sc(C)nc2C)o1. The summed E-state index contributed by atoms with van der Waals surface area (Å²) in [4.78, 5) is 21.3. The van der Waals surface area contributed by atoms with Crippen molar-refractivity contribution in [2.75, 3.05) is 12.4 Å². The molecule has 118 valence electrons. The molecule has 23 heavy (non-hydrogen) atoms. The molecule has 0 saturated carbocycles. The highest BCUT2D eigenvalue weighted by Crippen LogP contribution is 2.29. The van der Waals surface area contributed by atoms with Gasteiger partial charge < -0.3 is 9.15 Å². The second kappa shape index (κ2) is 6.13. The van der Waals surface area contributed by atoms with Crippen LogP contribution in [0.4, 0.5) is 6.01 Å². The Bertz CT molecular complexity index is 858. The van der Waals surface area contributed by atoms with Gasteiger partial charge >= 0.3 is 6.01 Å². The van der Waals surface area contributed by atoms with Gasteiger partial charge in [-0.15, -0.1) is 16.4 Å². The molecule has 3 rings (SSSR count). The summed E-state index contributed by atoms with van der Waals surface area (Å²) < 4.78 is 10.5. The van der Waals surface area contributed by atoms with Crippen molar-refractivity contribution in [3.05, 3.63) is 34.6 Å². The van der Waals surface area contributed by atoms with E-state index < -0.39 is 5.91 Å². The number of hydrogen-bond acceptors (Lipinski definition) is 8. The second-order valence-corrected chi connectivity index (χ2v) is 5.78. The topological polar surface area (TPSA) is 103 Å². The molecule has 3 aromatic heterocycles. The summed E-state index contributed by atoms with van der Waals surface area (Å²) in [6, 6.07) is 3.23. The number of anilines is 1. The average Bonchev–Trinajstić information content (AvgIpc) is 3.13. The molecular formula is C14H13N5O3S. The van der Waals surface area contributed by atoms with Crippen LogP contribution in [0.15, 0.2) is 22.7 Å². The first-order valence-electron chi connectivity index (χ1n) is 6.66. The van der Waals surface area contributed by atoms with Crippen LogP contribution in [0.1, 0.15) is 21.1 Å². The maximum Gasteiger partial charge on any atom is 0.322 e. The van der Waals surface area contributed by atoms with Crippen molar-refractivity contribution in [3.63, 3.8) is 0 Å². The number of thiazole rings is 1. The minimum atomic E-state index is -0.442. The van der Waals surface area contributed by atoms with Crippen LogP contribution in [0.2, 0.25) is 0 Å². The van der Waals surface area contributed by atoms with Crippen LogP contribution < -0.4 is 10.1 Å². The molecule has 3 aromatic rings. The maximum absolute atomic E-state index is 12.2. The van der Waals surface area contributed by atoms with E-state index in [0.717, 1.165) is 15.6 Å². The molecule has 0 spiro atoms. The first-order chi connectivity index (χ1) is 11.1. The Balaban J connectivity index is 1.82. The summed E-state index contributed by atoms with van der Waals surface area (Å²) >= 11 is 1.45. The van der Waals surface area contributed by atoms with Crippen LogP contribution in [0.3, 0.4) is 0 Å². The van der Waals surface area contributed by atoms with Gasteiger partial charge in [-0.05, 0) is 26.0 Å². The number of hydrogen-bond donors (Lipinski definition) is 1. The fraction of sp³-hybridized carbons (Fsp3) is 0.214. The maximum atomic E-state index is 12.2. The number of aryl methyl sites for hydroxylation is 2. The molecule has 0 aliphatic heterocycles. The molecule has 0 bridgehead atoms. The number of nitrogens with zero attached hydrogens (tertiary/aromatic N) is 4. The molecule has 0 aliphatic carbocycles. The molecule has 0 aliphatic rings. The predicted octanol–water partition coefficient (Wildman–Crippen LogP) is 2.47. The van der Waals surface area contributed by atoms with Gasteiger partial charge in [0.1, 0.15) is 10.4 Å². The molecule has 9 heteroatoms. The number of carbonyl (C=O) groups is 1. The van der Waals surface area contributed by atoms with E-state index in [4.69, 9.17) is 9.15 Å². The second-order valence-electron chi connectivity index (χ2n) is 4.57. The summed E-state index contributed by atoms with van der Waals surface area (Å²) in [6.07, 6.45) is 1.54. The van der Waals surface area contributed by atoms with E-state index in [1.165, 1.54) is 24.6 Å². The average molecular weight is 331 g/mol. The van der Waals surface area contributed by atoms with Gasteiger partial charge in [0.2, 0.25) is 5.88 Å². The van der Waals surface area contributed by atoms with Gasteiger partial charge in [-0.25, -0.2) is 9.97 Å². The van der Waals surface area contributed by atoms with Crippen molar-refractivity contribution < 1.29 is 13.9 Å². The van der Waals surface area contributed by atoms with Gasteiger partial charge in [-0.1, -0.05) is 5.10 Å². The third-order valence-corrected chi connectivity index (χ3v) is 4.01. The van der Waals surface area contributed by atoms with Crippen molar-refractivity contribution in [3.8, 4) is 16.6 Å². The zero-order chi connectivity index (χ0) is 16.4. The Morgan fingerprint density at radius 1 is 1.35 bits per heavy atom. The van der Waals surface area contributed by atoms with Crippen LogP contribution >= 0.6 is 11.3 Å². The van der Waals surface area contributed by atoms with E-state index >= 15 is 0 Å². The molecule has 0 radical (unpaired) electrons. The van der Waals surface area contributed by atoms with Gasteiger partial charge in [-0.2, -0.15) is 0 Å². The van der Waals surface area contributed by atoms with Crippen LogP contribution in [-0.2, 0) is 0 Å². The Kier molecular flexibility index (Phi) is 4.02. The van der Waals surface area contributed by atoms with Crippen LogP contribution in [0, 0.1) is 13.8 Å². The van der Waals surface area contributed by atoms with Gasteiger partial charge in [0.15, 0.2) is 0 Å². The summed E-state index contributed by atoms with van der Waals surface area (Å²) in [7, 11) is 1.44. The molecule has 0 saturated heterocycles. The summed E-state index contributed by atoms with van der Waals surface area (Å²) in [5.41, 5.74) is 1.09. The van der Waals surface area contributed by atoms with Crippen molar-refractivity contribution in [1.82, 2.24) is 20.2 Å². The lowest BCUT2D eigenvalue weighted by Gasteiger charge is -2.05. The van der Waals surface area contributed by atoms with Crippen molar-refractivity contribution in [2.45, 2.75) is 13.8 Å². The van der Waals surface area contributed by atoms with Gasteiger partial charge in [0.05, 0.1) is 17.8 Å². The van der Waals surface area contributed by atoms with E-state index in [0.29, 0.717) is 5.89 Å². The predicted molar refractivity (Wildman–Crippen MR) is 83.6 cm³/mol. The molecule has 0 aromatic carbocycles. The summed E-state index contributed by atoms with van der Waals surface area (Å²) in [5.74, 6) is 0.0996. The van der Waals surface area contributed by atoms with E-state index in [1.54, 1.807) is 12.1 Å². The Morgan fingerprint density at radius 2 is 2.17 bits per heavy atom. The highest BCUT2D eigenvalue weighted by atomic mass is 32.1. The lowest BCUT2D eigenvalue weighted by Crippen LogP contribution is -2.14. The zero-order valence-corrected chi connectivity index (χ0v) is 13.5. The standard InChI is InChI=1S/C14H13N5O3S/c1-7-10(23-8(2)16-7)13-18-19-14(22-13)17-11(20)9-5-4-6-15-12(9)21-3/h4-6H,1-3H3,(H,17,19,20). The number of methoxy groups -OCH3 is 1. The third kappa shape index (κ3) is 3.04. The van der Waals surface area contributed by atoms with Crippen molar-refractivity contribution in [2.24, 2.45) is 0 Å². The number of ether oxygens (including phenoxy) is 1. The Labute approximate surface area is 135 Å². The quantitative estimate of drug-likeness (QED) is 0.783. The number of rotatable bonds is 4. The van der Waals surface area contributed by atoms with E-state index in [1.807, 2.05) is 13.8 Å². The molecule has 8 nitrogen and oxygen atoms in total. The van der Waals surface area contributed by atoms with Gasteiger partial charge in [0, 0.05) is 6.20 Å². The van der Waals surface area contributed by atoms with Crippen LogP contribution in [0.25, 0.3) is 10.8 Å². The van der Waals surface area contributed by atoms with Crippen LogP contribution in [0.5, 0.6) is 5.88 Å². The number of nitrogens with one attached hydrogen (secondary N) is 1. The van der Waals surface area contributed by atoms with E-state index in [2.05, 4.69) is 25.5 Å². The molecular weight excluding hydrogens is 318 g/mol. The largest absolute Gasteiger partial charge is 0.480 e. The third-order valence-electron chi connectivity index (χ3n) is 2.95. The monoisotopic (exact) mass is 331 g/mol. The van der Waals surface area contributed by atoms with Gasteiger partial charge in [-0.3, -0.25) is 10.1 Å². The zero-order valence-electron chi connectivity index (χ0n) is 12.7. The number of amides is 1. The molecule has 1 N–H and O–H groups in total. The summed E-state index contributed by atoms with van der Waals surface area (Å²) in [5, 5.41) is 11.2. The Hall–Kier alpha value is -2.81. The fourth-order valence-corrected chi connectivity index (χ4v) is 2.83. The molecule has 3 heterocycles. The first-order valence-corrected chi connectivity index (χ1v) is 7.48. The lowest BCUT2D eigenvalue weighted by atomic mass is 10.2. The van der Waals surface area contributed by atoms with Crippen molar-refractivity contribution >= 4 is 23.3 Å². The normalized spacial score (nSPS) is 10.6. The molecule has 0 unspecified atom stereocenters. The lowest BCUT2D eigenvalue weighted by molar-refractivity contribution is 0.102. The molecule has 1 amide bonds. The number of aromatic nitrogens is 4. The van der Waals surface area contributed by atoms with E-state index in [9.17, 15) is 4.79 Å². The Morgan fingerprint density at radius 3 is 2.87 bits per heavy atom. The highest BCUT2D eigenvalue weighted by Gasteiger charge is 2.18. The van der Waals surface area contributed by atoms with Gasteiger partial charge in [0.25, 0.3) is 11.8 Å². The van der Waals surface area contributed by atoms with Crippen molar-refractivity contribution in [1.29, 1.82) is 0 Å². The van der Waals surface area contributed by atoms with E-state index in [-0.39, 0.29) is 17.5 Å². The number of carbonyl (C=O) groups excluding carboxylic acids is 1. The fourth-order valence-electron chi connectivity index (χ4n) is 1.99. The minimum absolute atomic E-state index is 0.00126. The smallest absolute Gasteiger partial charge is 0.322 e. The number of pyridine rings is 1.